The summed E-state index contributed by atoms with van der Waals surface area (Å²) in [6, 6.07) is 9.33. The van der Waals surface area contributed by atoms with Gasteiger partial charge in [0.05, 0.1) is 37.9 Å². The van der Waals surface area contributed by atoms with Crippen LogP contribution in [0.25, 0.3) is 11.0 Å². The molecule has 3 aromatic rings. The van der Waals surface area contributed by atoms with Crippen LogP contribution < -0.4 is 14.2 Å². The van der Waals surface area contributed by atoms with Gasteiger partial charge in [-0.25, -0.2) is 9.78 Å². The Balaban J connectivity index is 1.94. The van der Waals surface area contributed by atoms with Crippen molar-refractivity contribution in [2.45, 2.75) is 19.6 Å². The van der Waals surface area contributed by atoms with Gasteiger partial charge in [0.2, 0.25) is 5.75 Å². The lowest BCUT2D eigenvalue weighted by Crippen LogP contribution is -2.15. The van der Waals surface area contributed by atoms with Crippen LogP contribution in [-0.2, 0) is 4.74 Å². The lowest BCUT2D eigenvalue weighted by atomic mass is 10.2. The number of hydrogen-bond donors (Lipinski definition) is 0. The lowest BCUT2D eigenvalue weighted by Gasteiger charge is -2.17. The minimum absolute atomic E-state index is 0.0537. The number of ether oxygens (including phenoxy) is 4. The molecule has 0 saturated carbocycles. The number of rotatable bonds is 7. The Bertz CT molecular complexity index is 1010. The van der Waals surface area contributed by atoms with Gasteiger partial charge >= 0.3 is 12.5 Å². The van der Waals surface area contributed by atoms with Gasteiger partial charge in [-0.15, -0.1) is 0 Å². The van der Waals surface area contributed by atoms with Crippen molar-refractivity contribution in [1.82, 2.24) is 9.55 Å². The molecule has 0 radical (unpaired) electrons. The molecule has 0 fully saturated rings. The van der Waals surface area contributed by atoms with E-state index in [0.29, 0.717) is 11.3 Å². The Hall–Kier alpha value is -3.36. The van der Waals surface area contributed by atoms with E-state index in [0.717, 1.165) is 4.57 Å². The third-order valence-electron chi connectivity index (χ3n) is 4.37. The summed E-state index contributed by atoms with van der Waals surface area (Å²) in [4.78, 5) is 16.9. The third kappa shape index (κ3) is 3.80. The molecule has 154 valence electrons. The van der Waals surface area contributed by atoms with E-state index in [1.54, 1.807) is 18.2 Å². The van der Waals surface area contributed by atoms with Crippen molar-refractivity contribution in [2.75, 3.05) is 21.3 Å². The minimum atomic E-state index is -2.83. The lowest BCUT2D eigenvalue weighted by molar-refractivity contribution is 0.0232. The highest BCUT2D eigenvalue weighted by molar-refractivity contribution is 5.91. The Kier molecular flexibility index (Phi) is 5.86. The molecule has 7 nitrogen and oxygen atoms in total. The number of carbonyl (C=O) groups excluding carboxylic acids is 1. The highest BCUT2D eigenvalue weighted by Crippen LogP contribution is 2.38. The van der Waals surface area contributed by atoms with Crippen molar-refractivity contribution in [2.24, 2.45) is 0 Å². The van der Waals surface area contributed by atoms with Crippen LogP contribution in [0.15, 0.2) is 36.4 Å². The van der Waals surface area contributed by atoms with Crippen LogP contribution in [0.1, 0.15) is 35.8 Å². The van der Waals surface area contributed by atoms with Crippen LogP contribution in [0.3, 0.4) is 0 Å². The quantitative estimate of drug-likeness (QED) is 0.543. The second-order valence-corrected chi connectivity index (χ2v) is 6.07. The van der Waals surface area contributed by atoms with E-state index in [9.17, 15) is 13.6 Å². The molecule has 2 aromatic carbocycles. The standard InChI is InChI=1S/C20H20F2N2O5/c1-11(18-23-13-7-5-6-8-14(13)24(18)20(21)22)29-19(25)12-9-15(26-2)17(28-4)16(10-12)27-3/h5-11,20H,1-4H3/t11-/m0/s1. The zero-order valence-electron chi connectivity index (χ0n) is 16.3. The minimum Gasteiger partial charge on any atom is -0.493 e. The monoisotopic (exact) mass is 406 g/mol. The molecule has 0 unspecified atom stereocenters. The van der Waals surface area contributed by atoms with E-state index in [2.05, 4.69) is 4.98 Å². The Morgan fingerprint density at radius 2 is 1.66 bits per heavy atom. The van der Waals surface area contributed by atoms with Crippen LogP contribution in [0.4, 0.5) is 8.78 Å². The van der Waals surface area contributed by atoms with Crippen LogP contribution in [0.2, 0.25) is 0 Å². The van der Waals surface area contributed by atoms with E-state index in [4.69, 9.17) is 18.9 Å². The number of nitrogens with zero attached hydrogens (tertiary/aromatic N) is 2. The van der Waals surface area contributed by atoms with Crippen molar-refractivity contribution in [3.05, 3.63) is 47.8 Å². The summed E-state index contributed by atoms with van der Waals surface area (Å²) in [5, 5.41) is 0. The van der Waals surface area contributed by atoms with Gasteiger partial charge in [0.15, 0.2) is 23.4 Å². The van der Waals surface area contributed by atoms with Crippen molar-refractivity contribution in [3.8, 4) is 17.2 Å². The van der Waals surface area contributed by atoms with Gasteiger partial charge < -0.3 is 18.9 Å². The molecule has 0 amide bonds. The normalized spacial score (nSPS) is 12.1. The summed E-state index contributed by atoms with van der Waals surface area (Å²) in [6.45, 7) is -1.35. The average molecular weight is 406 g/mol. The average Bonchev–Trinajstić information content (AvgIpc) is 3.12. The van der Waals surface area contributed by atoms with Gasteiger partial charge in [0, 0.05) is 0 Å². The summed E-state index contributed by atoms with van der Waals surface area (Å²) >= 11 is 0. The fourth-order valence-corrected chi connectivity index (χ4v) is 3.04. The van der Waals surface area contributed by atoms with Crippen molar-refractivity contribution in [1.29, 1.82) is 0 Å². The fourth-order valence-electron chi connectivity index (χ4n) is 3.04. The summed E-state index contributed by atoms with van der Waals surface area (Å²) in [6.07, 6.45) is -1.03. The second-order valence-electron chi connectivity index (χ2n) is 6.07. The van der Waals surface area contributed by atoms with E-state index in [1.807, 2.05) is 0 Å². The highest BCUT2D eigenvalue weighted by atomic mass is 19.3. The van der Waals surface area contributed by atoms with E-state index < -0.39 is 18.6 Å². The Morgan fingerprint density at radius 1 is 1.03 bits per heavy atom. The van der Waals surface area contributed by atoms with Gasteiger partial charge in [-0.05, 0) is 31.2 Å². The van der Waals surface area contributed by atoms with Gasteiger partial charge in [-0.3, -0.25) is 4.57 Å². The first kappa shape index (κ1) is 20.4. The molecule has 3 rings (SSSR count). The summed E-state index contributed by atoms with van der Waals surface area (Å²) in [5.41, 5.74) is 0.762. The number of alkyl halides is 2. The molecule has 1 atom stereocenters. The van der Waals surface area contributed by atoms with Gasteiger partial charge in [0.25, 0.3) is 0 Å². The molecule has 1 heterocycles. The molecular weight excluding hydrogens is 386 g/mol. The molecule has 0 aliphatic carbocycles. The first-order valence-electron chi connectivity index (χ1n) is 8.67. The maximum Gasteiger partial charge on any atom is 0.339 e. The zero-order chi connectivity index (χ0) is 21.1. The first-order chi connectivity index (χ1) is 13.9. The maximum atomic E-state index is 13.6. The number of methoxy groups -OCH3 is 3. The Morgan fingerprint density at radius 3 is 2.21 bits per heavy atom. The van der Waals surface area contributed by atoms with Gasteiger partial charge in [-0.2, -0.15) is 8.78 Å². The highest BCUT2D eigenvalue weighted by Gasteiger charge is 2.26. The topological polar surface area (TPSA) is 71.8 Å². The van der Waals surface area contributed by atoms with Crippen LogP contribution >= 0.6 is 0 Å². The SMILES string of the molecule is COc1cc(C(=O)O[C@@H](C)c2nc3ccccc3n2C(F)F)cc(OC)c1OC. The summed E-state index contributed by atoms with van der Waals surface area (Å²) < 4.78 is 49.1. The molecule has 1 aromatic heterocycles. The molecule has 0 aliphatic heterocycles. The molecule has 0 spiro atoms. The summed E-state index contributed by atoms with van der Waals surface area (Å²) in [7, 11) is 4.27. The van der Waals surface area contributed by atoms with Gasteiger partial charge in [0.1, 0.15) is 0 Å². The van der Waals surface area contributed by atoms with Gasteiger partial charge in [-0.1, -0.05) is 12.1 Å². The number of para-hydroxylation sites is 2. The van der Waals surface area contributed by atoms with E-state index >= 15 is 0 Å². The molecule has 0 N–H and O–H groups in total. The molecule has 0 aliphatic rings. The Labute approximate surface area is 165 Å². The number of fused-ring (bicyclic) bond motifs is 1. The van der Waals surface area contributed by atoms with Crippen LogP contribution in [0, 0.1) is 0 Å². The zero-order valence-corrected chi connectivity index (χ0v) is 16.3. The van der Waals surface area contributed by atoms with Crippen molar-refractivity contribution in [3.63, 3.8) is 0 Å². The molecule has 0 bridgehead atoms. The molecular formula is C20H20F2N2O5. The largest absolute Gasteiger partial charge is 0.493 e. The number of carbonyl (C=O) groups is 1. The van der Waals surface area contributed by atoms with Crippen molar-refractivity contribution < 1.29 is 32.5 Å². The number of benzene rings is 2. The van der Waals surface area contributed by atoms with E-state index in [-0.39, 0.29) is 28.4 Å². The number of imidazole rings is 1. The number of esters is 1. The smallest absolute Gasteiger partial charge is 0.339 e. The molecule has 0 saturated heterocycles. The molecule has 29 heavy (non-hydrogen) atoms. The van der Waals surface area contributed by atoms with E-state index in [1.165, 1.54) is 46.5 Å². The maximum absolute atomic E-state index is 13.6. The van der Waals surface area contributed by atoms with Crippen molar-refractivity contribution >= 4 is 17.0 Å². The van der Waals surface area contributed by atoms with Crippen LogP contribution in [-0.4, -0.2) is 36.8 Å². The summed E-state index contributed by atoms with van der Waals surface area (Å²) in [5.74, 6) is 0.0586. The fraction of sp³-hybridized carbons (Fsp3) is 0.300. The van der Waals surface area contributed by atoms with Crippen LogP contribution in [0.5, 0.6) is 17.2 Å². The predicted molar refractivity (Wildman–Crippen MR) is 101 cm³/mol. The number of aromatic nitrogens is 2. The first-order valence-corrected chi connectivity index (χ1v) is 8.67. The second kappa shape index (κ2) is 8.34. The molecule has 9 heteroatoms. The third-order valence-corrected chi connectivity index (χ3v) is 4.37. The number of halogens is 2. The number of hydrogen-bond acceptors (Lipinski definition) is 6. The predicted octanol–water partition coefficient (Wildman–Crippen LogP) is 4.38.